The van der Waals surface area contributed by atoms with E-state index in [1.165, 1.54) is 23.8 Å². The van der Waals surface area contributed by atoms with Crippen LogP contribution in [-0.2, 0) is 4.79 Å². The maximum atomic E-state index is 12.8. The predicted octanol–water partition coefficient (Wildman–Crippen LogP) is 2.92. The summed E-state index contributed by atoms with van der Waals surface area (Å²) in [7, 11) is 0. The summed E-state index contributed by atoms with van der Waals surface area (Å²) in [5.74, 6) is 0.236. The number of hydrogen-bond acceptors (Lipinski definition) is 4. The Labute approximate surface area is 143 Å². The number of fused-ring (bicyclic) bond motifs is 1. The number of carbonyl (C=O) groups excluding carboxylic acids is 1. The highest BCUT2D eigenvalue weighted by molar-refractivity contribution is 6.30. The van der Waals surface area contributed by atoms with Gasteiger partial charge >= 0.3 is 0 Å². The highest BCUT2D eigenvalue weighted by atomic mass is 35.5. The predicted molar refractivity (Wildman–Crippen MR) is 92.3 cm³/mol. The van der Waals surface area contributed by atoms with Crippen LogP contribution in [0.2, 0.25) is 5.02 Å². The van der Waals surface area contributed by atoms with Gasteiger partial charge in [-0.15, -0.1) is 0 Å². The monoisotopic (exact) mass is 345 g/mol. The first-order valence-corrected chi connectivity index (χ1v) is 7.71. The van der Waals surface area contributed by atoms with Gasteiger partial charge in [0.25, 0.3) is 5.56 Å². The summed E-state index contributed by atoms with van der Waals surface area (Å²) in [4.78, 5) is 28.2. The number of aromatic nitrogens is 2. The molecule has 1 aliphatic rings. The van der Waals surface area contributed by atoms with Gasteiger partial charge in [0.1, 0.15) is 17.0 Å². The van der Waals surface area contributed by atoms with Crippen LogP contribution >= 0.6 is 11.6 Å². The van der Waals surface area contributed by atoms with E-state index in [1.54, 1.807) is 18.5 Å². The minimum atomic E-state index is -0.624. The van der Waals surface area contributed by atoms with Gasteiger partial charge in [-0.25, -0.2) is 0 Å². The Kier molecular flexibility index (Phi) is 3.93. The minimum absolute atomic E-state index is 0.121. The second kappa shape index (κ2) is 5.79. The van der Waals surface area contributed by atoms with Crippen LogP contribution in [0.1, 0.15) is 26.3 Å². The van der Waals surface area contributed by atoms with E-state index < -0.39 is 5.60 Å². The number of amides is 1. The fraction of sp³-hybridized carbons (Fsp3) is 0.235. The maximum absolute atomic E-state index is 12.8. The molecule has 124 valence electrons. The summed E-state index contributed by atoms with van der Waals surface area (Å²) in [6.45, 7) is 5.10. The number of hydrogen-bond donors (Lipinski definition) is 1. The molecular weight excluding hydrogens is 330 g/mol. The Hall–Kier alpha value is -2.60. The SMILES string of the molecule is CC(=O)Nc1cc(Cl)cn(C2=CC(C)(C)Oc3cnccc32)c1=O. The van der Waals surface area contributed by atoms with Crippen LogP contribution in [0, 0.1) is 0 Å². The molecule has 1 aliphatic heterocycles. The lowest BCUT2D eigenvalue weighted by Gasteiger charge is -2.31. The minimum Gasteiger partial charge on any atom is -0.481 e. The molecular formula is C17H16ClN3O3. The Morgan fingerprint density at radius 2 is 2.17 bits per heavy atom. The Morgan fingerprint density at radius 3 is 2.88 bits per heavy atom. The van der Waals surface area contributed by atoms with Gasteiger partial charge in [0.2, 0.25) is 5.91 Å². The largest absolute Gasteiger partial charge is 0.481 e. The van der Waals surface area contributed by atoms with Crippen LogP contribution in [-0.4, -0.2) is 21.1 Å². The fourth-order valence-electron chi connectivity index (χ4n) is 2.60. The van der Waals surface area contributed by atoms with Crippen molar-refractivity contribution in [1.82, 2.24) is 9.55 Å². The van der Waals surface area contributed by atoms with Crippen molar-refractivity contribution in [2.24, 2.45) is 0 Å². The van der Waals surface area contributed by atoms with Crippen LogP contribution in [0.3, 0.4) is 0 Å². The number of nitrogens with one attached hydrogen (secondary N) is 1. The lowest BCUT2D eigenvalue weighted by molar-refractivity contribution is -0.114. The van der Waals surface area contributed by atoms with Crippen LogP contribution in [0.15, 0.2) is 41.6 Å². The lowest BCUT2D eigenvalue weighted by Crippen LogP contribution is -2.33. The molecule has 0 aliphatic carbocycles. The van der Waals surface area contributed by atoms with E-state index in [2.05, 4.69) is 10.3 Å². The molecule has 0 atom stereocenters. The van der Waals surface area contributed by atoms with Crippen molar-refractivity contribution in [1.29, 1.82) is 0 Å². The zero-order chi connectivity index (χ0) is 17.5. The third-order valence-electron chi connectivity index (χ3n) is 3.47. The van der Waals surface area contributed by atoms with Crippen molar-refractivity contribution in [3.63, 3.8) is 0 Å². The third-order valence-corrected chi connectivity index (χ3v) is 3.68. The van der Waals surface area contributed by atoms with Crippen LogP contribution < -0.4 is 15.6 Å². The number of rotatable bonds is 2. The van der Waals surface area contributed by atoms with Crippen molar-refractivity contribution in [3.8, 4) is 5.75 Å². The third kappa shape index (κ3) is 3.05. The second-order valence-electron chi connectivity index (χ2n) is 6.04. The molecule has 0 saturated heterocycles. The molecule has 6 nitrogen and oxygen atoms in total. The summed E-state index contributed by atoms with van der Waals surface area (Å²) < 4.78 is 7.29. The van der Waals surface area contributed by atoms with E-state index in [1.807, 2.05) is 19.9 Å². The molecule has 7 heteroatoms. The quantitative estimate of drug-likeness (QED) is 0.908. The molecule has 2 aromatic heterocycles. The normalized spacial score (nSPS) is 15.1. The summed E-state index contributed by atoms with van der Waals surface area (Å²) in [6.07, 6.45) is 6.59. The summed E-state index contributed by atoms with van der Waals surface area (Å²) in [6, 6.07) is 3.20. The van der Waals surface area contributed by atoms with Gasteiger partial charge in [0, 0.05) is 24.9 Å². The van der Waals surface area contributed by atoms with Crippen molar-refractivity contribution in [3.05, 3.63) is 57.7 Å². The Balaban J connectivity index is 2.24. The Bertz CT molecular complexity index is 916. The van der Waals surface area contributed by atoms with E-state index >= 15 is 0 Å². The van der Waals surface area contributed by atoms with Gasteiger partial charge in [0.15, 0.2) is 0 Å². The Morgan fingerprint density at radius 1 is 1.42 bits per heavy atom. The molecule has 0 fully saturated rings. The van der Waals surface area contributed by atoms with Gasteiger partial charge in [-0.1, -0.05) is 11.6 Å². The van der Waals surface area contributed by atoms with E-state index in [0.717, 1.165) is 5.56 Å². The summed E-state index contributed by atoms with van der Waals surface area (Å²) >= 11 is 6.14. The number of ether oxygens (including phenoxy) is 1. The lowest BCUT2D eigenvalue weighted by atomic mass is 10.00. The number of carbonyl (C=O) groups is 1. The highest BCUT2D eigenvalue weighted by Crippen LogP contribution is 2.35. The number of nitrogens with zero attached hydrogens (tertiary/aromatic N) is 2. The zero-order valence-corrected chi connectivity index (χ0v) is 14.2. The van der Waals surface area contributed by atoms with Crippen LogP contribution in [0.5, 0.6) is 5.75 Å². The zero-order valence-electron chi connectivity index (χ0n) is 13.5. The first-order chi connectivity index (χ1) is 11.3. The molecule has 0 spiro atoms. The van der Waals surface area contributed by atoms with Gasteiger partial charge in [-0.2, -0.15) is 0 Å². The van der Waals surface area contributed by atoms with Gasteiger partial charge in [-0.3, -0.25) is 19.1 Å². The van der Waals surface area contributed by atoms with Gasteiger partial charge in [-0.05, 0) is 32.1 Å². The molecule has 0 bridgehead atoms. The fourth-order valence-corrected chi connectivity index (χ4v) is 2.81. The molecule has 2 aromatic rings. The van der Waals surface area contributed by atoms with Crippen molar-refractivity contribution in [2.45, 2.75) is 26.4 Å². The van der Waals surface area contributed by atoms with Crippen molar-refractivity contribution < 1.29 is 9.53 Å². The van der Waals surface area contributed by atoms with E-state index in [4.69, 9.17) is 16.3 Å². The van der Waals surface area contributed by atoms with E-state index in [-0.39, 0.29) is 17.2 Å². The van der Waals surface area contributed by atoms with E-state index in [0.29, 0.717) is 16.5 Å². The van der Waals surface area contributed by atoms with Crippen molar-refractivity contribution in [2.75, 3.05) is 5.32 Å². The molecule has 0 aromatic carbocycles. The molecule has 3 heterocycles. The van der Waals surface area contributed by atoms with Crippen LogP contribution in [0.4, 0.5) is 5.69 Å². The van der Waals surface area contributed by atoms with Crippen molar-refractivity contribution >= 4 is 28.9 Å². The second-order valence-corrected chi connectivity index (χ2v) is 6.47. The summed E-state index contributed by atoms with van der Waals surface area (Å²) in [5, 5.41) is 2.84. The highest BCUT2D eigenvalue weighted by Gasteiger charge is 2.28. The first kappa shape index (κ1) is 16.3. The first-order valence-electron chi connectivity index (χ1n) is 7.33. The smallest absolute Gasteiger partial charge is 0.278 e. The van der Waals surface area contributed by atoms with Gasteiger partial charge in [0.05, 0.1) is 16.9 Å². The average molecular weight is 346 g/mol. The molecule has 0 saturated carbocycles. The maximum Gasteiger partial charge on any atom is 0.278 e. The number of halogens is 1. The molecule has 3 rings (SSSR count). The van der Waals surface area contributed by atoms with Gasteiger partial charge < -0.3 is 10.1 Å². The van der Waals surface area contributed by atoms with Crippen LogP contribution in [0.25, 0.3) is 5.70 Å². The molecule has 0 unspecified atom stereocenters. The molecule has 1 amide bonds. The molecule has 0 radical (unpaired) electrons. The average Bonchev–Trinajstić information content (AvgIpc) is 2.48. The summed E-state index contributed by atoms with van der Waals surface area (Å²) in [5.41, 5.74) is 0.476. The molecule has 24 heavy (non-hydrogen) atoms. The molecule has 1 N–H and O–H groups in total. The van der Waals surface area contributed by atoms with E-state index in [9.17, 15) is 9.59 Å². The standard InChI is InChI=1S/C17H16ClN3O3/c1-10(22)20-13-6-11(18)9-21(16(13)23)14-7-17(2,3)24-15-8-19-5-4-12(14)15/h4-9H,1-3H3,(H,20,22). The number of anilines is 1. The topological polar surface area (TPSA) is 73.2 Å². The number of pyridine rings is 2.